The highest BCUT2D eigenvalue weighted by Gasteiger charge is 2.11. The van der Waals surface area contributed by atoms with Crippen LogP contribution in [0.25, 0.3) is 5.70 Å². The van der Waals surface area contributed by atoms with Gasteiger partial charge in [0.25, 0.3) is 0 Å². The number of aliphatic imine (C=N–C) groups is 1. The first kappa shape index (κ1) is 16.2. The number of imidazole rings is 1. The summed E-state index contributed by atoms with van der Waals surface area (Å²) in [5.74, 6) is 0.817. The molecule has 0 saturated heterocycles. The van der Waals surface area contributed by atoms with Crippen LogP contribution < -0.4 is 5.73 Å². The summed E-state index contributed by atoms with van der Waals surface area (Å²) in [5, 5.41) is 0. The molecule has 0 aliphatic carbocycles. The van der Waals surface area contributed by atoms with E-state index in [1.807, 2.05) is 13.8 Å². The number of rotatable bonds is 8. The highest BCUT2D eigenvalue weighted by Crippen LogP contribution is 2.23. The maximum absolute atomic E-state index is 5.76. The predicted molar refractivity (Wildman–Crippen MR) is 87.2 cm³/mol. The van der Waals surface area contributed by atoms with E-state index >= 15 is 0 Å². The van der Waals surface area contributed by atoms with Crippen LogP contribution in [0.1, 0.15) is 52.1 Å². The Balaban J connectivity index is 2.68. The largest absolute Gasteiger partial charge is 0.397 e. The van der Waals surface area contributed by atoms with Crippen molar-refractivity contribution in [1.29, 1.82) is 0 Å². The van der Waals surface area contributed by atoms with Crippen LogP contribution in [-0.2, 0) is 6.54 Å². The minimum absolute atomic E-state index is 0.464. The van der Waals surface area contributed by atoms with E-state index < -0.39 is 0 Å². The molecule has 4 heteroatoms. The lowest BCUT2D eigenvalue weighted by Gasteiger charge is -2.07. The molecule has 0 atom stereocenters. The fourth-order valence-electron chi connectivity index (χ4n) is 1.98. The zero-order chi connectivity index (χ0) is 15.1. The summed E-state index contributed by atoms with van der Waals surface area (Å²) in [4.78, 5) is 8.84. The molecule has 1 aromatic heterocycles. The summed E-state index contributed by atoms with van der Waals surface area (Å²) in [6, 6.07) is 0. The number of allylic oxidation sites excluding steroid dienone is 1. The van der Waals surface area contributed by atoms with Gasteiger partial charge in [-0.15, -0.1) is 6.58 Å². The van der Waals surface area contributed by atoms with Gasteiger partial charge in [0.1, 0.15) is 5.69 Å². The van der Waals surface area contributed by atoms with E-state index in [1.165, 1.54) is 18.4 Å². The molecule has 0 aromatic carbocycles. The minimum Gasteiger partial charge on any atom is -0.397 e. The summed E-state index contributed by atoms with van der Waals surface area (Å²) in [6.45, 7) is 14.6. The first-order valence-corrected chi connectivity index (χ1v) is 7.08. The number of hydrogen-bond acceptors (Lipinski definition) is 3. The number of unbranched alkanes of at least 4 members (excludes halogenated alkanes) is 2. The molecule has 110 valence electrons. The Hall–Kier alpha value is -1.84. The van der Waals surface area contributed by atoms with Crippen molar-refractivity contribution in [2.24, 2.45) is 10.7 Å². The van der Waals surface area contributed by atoms with Gasteiger partial charge in [0.15, 0.2) is 5.82 Å². The summed E-state index contributed by atoms with van der Waals surface area (Å²) >= 11 is 0. The van der Waals surface area contributed by atoms with Crippen LogP contribution in [0.2, 0.25) is 0 Å². The van der Waals surface area contributed by atoms with Crippen LogP contribution in [0.3, 0.4) is 0 Å². The smallest absolute Gasteiger partial charge is 0.161 e. The number of aromatic nitrogens is 2. The average Bonchev–Trinajstić information content (AvgIpc) is 2.71. The van der Waals surface area contributed by atoms with Crippen molar-refractivity contribution in [3.8, 4) is 0 Å². The van der Waals surface area contributed by atoms with Gasteiger partial charge in [-0.05, 0) is 40.0 Å². The van der Waals surface area contributed by atoms with Crippen molar-refractivity contribution in [3.05, 3.63) is 30.8 Å². The van der Waals surface area contributed by atoms with Crippen molar-refractivity contribution in [2.75, 3.05) is 0 Å². The van der Waals surface area contributed by atoms with Crippen LogP contribution >= 0.6 is 0 Å². The lowest BCUT2D eigenvalue weighted by molar-refractivity contribution is 0.588. The molecule has 0 fully saturated rings. The molecule has 0 amide bonds. The van der Waals surface area contributed by atoms with Crippen molar-refractivity contribution in [1.82, 2.24) is 9.55 Å². The Morgan fingerprint density at radius 1 is 1.25 bits per heavy atom. The summed E-state index contributed by atoms with van der Waals surface area (Å²) in [5.41, 5.74) is 9.15. The number of hydrogen-bond donors (Lipinski definition) is 1. The van der Waals surface area contributed by atoms with E-state index in [0.29, 0.717) is 11.4 Å². The highest BCUT2D eigenvalue weighted by molar-refractivity contribution is 5.83. The first-order chi connectivity index (χ1) is 9.41. The molecule has 0 radical (unpaired) electrons. The van der Waals surface area contributed by atoms with E-state index in [-0.39, 0.29) is 0 Å². The fourth-order valence-corrected chi connectivity index (χ4v) is 1.98. The molecule has 0 aliphatic rings. The van der Waals surface area contributed by atoms with Crippen LogP contribution in [-0.4, -0.2) is 15.3 Å². The second-order valence-corrected chi connectivity index (χ2v) is 5.46. The molecule has 1 rings (SSSR count). The Kier molecular flexibility index (Phi) is 6.22. The van der Waals surface area contributed by atoms with E-state index in [2.05, 4.69) is 34.6 Å². The molecule has 0 unspecified atom stereocenters. The number of aryl methyl sites for hydroxylation is 1. The van der Waals surface area contributed by atoms with Crippen LogP contribution in [0.4, 0.5) is 5.82 Å². The Morgan fingerprint density at radius 2 is 1.95 bits per heavy atom. The average molecular weight is 274 g/mol. The van der Waals surface area contributed by atoms with Gasteiger partial charge in [-0.1, -0.05) is 18.6 Å². The van der Waals surface area contributed by atoms with Crippen LogP contribution in [0.5, 0.6) is 0 Å². The van der Waals surface area contributed by atoms with Crippen molar-refractivity contribution in [2.45, 2.75) is 53.0 Å². The van der Waals surface area contributed by atoms with Gasteiger partial charge in [0.2, 0.25) is 0 Å². The third-order valence-electron chi connectivity index (χ3n) is 2.95. The zero-order valence-electron chi connectivity index (χ0n) is 12.9. The Bertz CT molecular complexity index is 505. The van der Waals surface area contributed by atoms with Crippen molar-refractivity contribution in [3.63, 3.8) is 0 Å². The molecule has 0 aliphatic heterocycles. The van der Waals surface area contributed by atoms with E-state index in [9.17, 15) is 0 Å². The van der Waals surface area contributed by atoms with Crippen molar-refractivity contribution >= 4 is 17.2 Å². The van der Waals surface area contributed by atoms with E-state index in [0.717, 1.165) is 30.9 Å². The van der Waals surface area contributed by atoms with Crippen LogP contribution in [0, 0.1) is 0 Å². The fraction of sp³-hybridized carbons (Fsp3) is 0.500. The molecule has 1 aromatic rings. The minimum atomic E-state index is 0.464. The zero-order valence-corrected chi connectivity index (χ0v) is 12.9. The van der Waals surface area contributed by atoms with Gasteiger partial charge in [-0.3, -0.25) is 0 Å². The summed E-state index contributed by atoms with van der Waals surface area (Å²) in [6.07, 6.45) is 6.37. The highest BCUT2D eigenvalue weighted by atomic mass is 15.1. The van der Waals surface area contributed by atoms with Crippen LogP contribution in [0.15, 0.2) is 30.1 Å². The predicted octanol–water partition coefficient (Wildman–Crippen LogP) is 4.06. The molecular weight excluding hydrogens is 248 g/mol. The van der Waals surface area contributed by atoms with Gasteiger partial charge in [-0.2, -0.15) is 0 Å². The Labute approximate surface area is 122 Å². The number of nitrogens with zero attached hydrogens (tertiary/aromatic N) is 3. The van der Waals surface area contributed by atoms with E-state index in [4.69, 9.17) is 5.73 Å². The third-order valence-corrected chi connectivity index (χ3v) is 2.95. The summed E-state index contributed by atoms with van der Waals surface area (Å²) in [7, 11) is 0. The van der Waals surface area contributed by atoms with E-state index in [1.54, 1.807) is 6.33 Å². The number of nitrogens with two attached hydrogens (primary N) is 1. The molecule has 0 spiro atoms. The van der Waals surface area contributed by atoms with Gasteiger partial charge in [0.05, 0.1) is 12.0 Å². The molecule has 4 nitrogen and oxygen atoms in total. The first-order valence-electron chi connectivity index (χ1n) is 7.08. The molecule has 20 heavy (non-hydrogen) atoms. The maximum Gasteiger partial charge on any atom is 0.161 e. The van der Waals surface area contributed by atoms with Gasteiger partial charge in [0, 0.05) is 12.3 Å². The van der Waals surface area contributed by atoms with Crippen molar-refractivity contribution < 1.29 is 0 Å². The van der Waals surface area contributed by atoms with Gasteiger partial charge < -0.3 is 10.3 Å². The molecular formula is C16H26N4. The quantitative estimate of drug-likeness (QED) is 0.441. The Morgan fingerprint density at radius 3 is 2.50 bits per heavy atom. The molecule has 1 heterocycles. The van der Waals surface area contributed by atoms with Gasteiger partial charge >= 0.3 is 0 Å². The normalized spacial score (nSPS) is 10.3. The second kappa shape index (κ2) is 7.68. The molecule has 0 saturated carbocycles. The standard InChI is InChI=1S/C16H26N4/c1-12(2)9-7-6-8-10-20-11-18-15(14(5)17)16(20)19-13(3)4/h11H,1,5-10,17H2,2-4H3. The second-order valence-electron chi connectivity index (χ2n) is 5.46. The monoisotopic (exact) mass is 274 g/mol. The summed E-state index contributed by atoms with van der Waals surface area (Å²) < 4.78 is 2.06. The lowest BCUT2D eigenvalue weighted by Crippen LogP contribution is -1.99. The molecule has 2 N–H and O–H groups in total. The SMILES string of the molecule is C=C(C)CCCCCn1cnc(C(=C)N)c1N=C(C)C. The maximum atomic E-state index is 5.76. The molecule has 0 bridgehead atoms. The lowest BCUT2D eigenvalue weighted by atomic mass is 10.1. The third kappa shape index (κ3) is 5.03. The van der Waals surface area contributed by atoms with Gasteiger partial charge in [-0.25, -0.2) is 9.98 Å². The topological polar surface area (TPSA) is 56.2 Å².